The Labute approximate surface area is 119 Å². The van der Waals surface area contributed by atoms with Gasteiger partial charge in [-0.3, -0.25) is 10.1 Å². The van der Waals surface area contributed by atoms with Crippen LogP contribution in [-0.2, 0) is 14.8 Å². The standard InChI is InChI=1S/C11H13FN2O6S/c12-8-4-10(20-7-2-1-3-19-6-7)9(14(15)16)5-11(8)21(13,17)18/h4-5,7H,1-3,6H2,(H2,13,17,18). The van der Waals surface area contributed by atoms with Gasteiger partial charge in [-0.05, 0) is 12.8 Å². The summed E-state index contributed by atoms with van der Waals surface area (Å²) >= 11 is 0. The molecule has 1 saturated heterocycles. The predicted octanol–water partition coefficient (Wildman–Crippen LogP) is 0.939. The van der Waals surface area contributed by atoms with Crippen molar-refractivity contribution in [2.24, 2.45) is 5.14 Å². The number of benzene rings is 1. The van der Waals surface area contributed by atoms with Crippen molar-refractivity contribution in [1.82, 2.24) is 0 Å². The van der Waals surface area contributed by atoms with Crippen molar-refractivity contribution in [3.63, 3.8) is 0 Å². The highest BCUT2D eigenvalue weighted by atomic mass is 32.2. The molecule has 10 heteroatoms. The molecule has 1 aromatic carbocycles. The number of hydrogen-bond acceptors (Lipinski definition) is 6. The maximum atomic E-state index is 13.8. The van der Waals surface area contributed by atoms with E-state index in [1.165, 1.54) is 0 Å². The molecule has 0 saturated carbocycles. The van der Waals surface area contributed by atoms with Crippen LogP contribution in [0.4, 0.5) is 10.1 Å². The van der Waals surface area contributed by atoms with Crippen molar-refractivity contribution in [3.8, 4) is 5.75 Å². The van der Waals surface area contributed by atoms with E-state index in [2.05, 4.69) is 0 Å². The number of primary sulfonamides is 1. The molecule has 1 aliphatic rings. The Hall–Kier alpha value is -1.78. The normalized spacial score (nSPS) is 19.2. The first kappa shape index (κ1) is 15.6. The highest BCUT2D eigenvalue weighted by molar-refractivity contribution is 7.89. The Balaban J connectivity index is 2.40. The fraction of sp³-hybridized carbons (Fsp3) is 0.455. The first-order valence-corrected chi connectivity index (χ1v) is 7.59. The summed E-state index contributed by atoms with van der Waals surface area (Å²) in [4.78, 5) is 9.19. The lowest BCUT2D eigenvalue weighted by Gasteiger charge is -2.23. The molecule has 2 N–H and O–H groups in total. The summed E-state index contributed by atoms with van der Waals surface area (Å²) in [5.41, 5.74) is -0.661. The summed E-state index contributed by atoms with van der Waals surface area (Å²) < 4.78 is 46.6. The topological polar surface area (TPSA) is 122 Å². The first-order chi connectivity index (χ1) is 9.79. The predicted molar refractivity (Wildman–Crippen MR) is 68.9 cm³/mol. The van der Waals surface area contributed by atoms with Gasteiger partial charge >= 0.3 is 5.69 Å². The average molecular weight is 320 g/mol. The quantitative estimate of drug-likeness (QED) is 0.650. The van der Waals surface area contributed by atoms with Crippen LogP contribution in [0.5, 0.6) is 5.75 Å². The molecule has 0 aromatic heterocycles. The molecule has 1 aliphatic heterocycles. The summed E-state index contributed by atoms with van der Waals surface area (Å²) in [6, 6.07) is 1.22. The van der Waals surface area contributed by atoms with Crippen LogP contribution in [0.2, 0.25) is 0 Å². The molecule has 8 nitrogen and oxygen atoms in total. The van der Waals surface area contributed by atoms with Gasteiger partial charge in [0.2, 0.25) is 10.0 Å². The molecular formula is C11H13FN2O6S. The summed E-state index contributed by atoms with van der Waals surface area (Å²) in [5, 5.41) is 15.8. The van der Waals surface area contributed by atoms with Crippen molar-refractivity contribution in [1.29, 1.82) is 0 Å². The maximum absolute atomic E-state index is 13.8. The fourth-order valence-electron chi connectivity index (χ4n) is 1.96. The summed E-state index contributed by atoms with van der Waals surface area (Å²) in [7, 11) is -4.40. The molecular weight excluding hydrogens is 307 g/mol. The maximum Gasteiger partial charge on any atom is 0.312 e. The van der Waals surface area contributed by atoms with Crippen LogP contribution in [0.3, 0.4) is 0 Å². The zero-order valence-electron chi connectivity index (χ0n) is 10.8. The Morgan fingerprint density at radius 3 is 2.71 bits per heavy atom. The third-order valence-corrected chi connectivity index (χ3v) is 3.85. The lowest BCUT2D eigenvalue weighted by Crippen LogP contribution is -2.28. The zero-order valence-corrected chi connectivity index (χ0v) is 11.6. The molecule has 116 valence electrons. The minimum Gasteiger partial charge on any atom is -0.481 e. The van der Waals surface area contributed by atoms with E-state index >= 15 is 0 Å². The van der Waals surface area contributed by atoms with E-state index in [9.17, 15) is 22.9 Å². The fourth-order valence-corrected chi connectivity index (χ4v) is 2.57. The van der Waals surface area contributed by atoms with E-state index in [0.717, 1.165) is 6.42 Å². The average Bonchev–Trinajstić information content (AvgIpc) is 2.38. The highest BCUT2D eigenvalue weighted by Crippen LogP contribution is 2.33. The van der Waals surface area contributed by atoms with Gasteiger partial charge in [-0.1, -0.05) is 0 Å². The lowest BCUT2D eigenvalue weighted by molar-refractivity contribution is -0.386. The van der Waals surface area contributed by atoms with Gasteiger partial charge in [-0.15, -0.1) is 0 Å². The molecule has 1 aromatic rings. The van der Waals surface area contributed by atoms with Crippen LogP contribution < -0.4 is 9.88 Å². The molecule has 1 unspecified atom stereocenters. The van der Waals surface area contributed by atoms with E-state index in [1.807, 2.05) is 0 Å². The van der Waals surface area contributed by atoms with Crippen molar-refractivity contribution >= 4 is 15.7 Å². The molecule has 0 spiro atoms. The van der Waals surface area contributed by atoms with Crippen molar-refractivity contribution in [2.45, 2.75) is 23.8 Å². The molecule has 1 atom stereocenters. The van der Waals surface area contributed by atoms with Crippen LogP contribution in [0.25, 0.3) is 0 Å². The summed E-state index contributed by atoms with van der Waals surface area (Å²) in [6.45, 7) is 0.802. The summed E-state index contributed by atoms with van der Waals surface area (Å²) in [6.07, 6.45) is 0.878. The second kappa shape index (κ2) is 5.92. The number of rotatable bonds is 4. The van der Waals surface area contributed by atoms with E-state index in [-0.39, 0.29) is 12.4 Å². The third-order valence-electron chi connectivity index (χ3n) is 2.93. The van der Waals surface area contributed by atoms with Crippen LogP contribution in [0.15, 0.2) is 17.0 Å². The highest BCUT2D eigenvalue weighted by Gasteiger charge is 2.27. The van der Waals surface area contributed by atoms with E-state index in [0.29, 0.717) is 25.2 Å². The number of halogens is 1. The van der Waals surface area contributed by atoms with Crippen LogP contribution >= 0.6 is 0 Å². The number of ether oxygens (including phenoxy) is 2. The van der Waals surface area contributed by atoms with Gasteiger partial charge in [0.15, 0.2) is 5.75 Å². The second-order valence-electron chi connectivity index (χ2n) is 4.51. The van der Waals surface area contributed by atoms with E-state index < -0.39 is 37.5 Å². The first-order valence-electron chi connectivity index (χ1n) is 6.04. The second-order valence-corrected chi connectivity index (χ2v) is 6.04. The van der Waals surface area contributed by atoms with Gasteiger partial charge in [0, 0.05) is 18.7 Å². The zero-order chi connectivity index (χ0) is 15.6. The minimum absolute atomic E-state index is 0.232. The molecule has 0 aliphatic carbocycles. The van der Waals surface area contributed by atoms with Gasteiger partial charge in [-0.2, -0.15) is 0 Å². The Bertz CT molecular complexity index is 657. The molecule has 21 heavy (non-hydrogen) atoms. The Kier molecular flexibility index (Phi) is 4.40. The van der Waals surface area contributed by atoms with Gasteiger partial charge in [0.05, 0.1) is 11.5 Å². The van der Waals surface area contributed by atoms with Gasteiger partial charge in [0.25, 0.3) is 0 Å². The summed E-state index contributed by atoms with van der Waals surface area (Å²) in [5.74, 6) is -1.55. The van der Waals surface area contributed by atoms with Gasteiger partial charge < -0.3 is 9.47 Å². The number of sulfonamides is 1. The number of hydrogen-bond donors (Lipinski definition) is 1. The molecule has 1 fully saturated rings. The SMILES string of the molecule is NS(=O)(=O)c1cc([N+](=O)[O-])c(OC2CCCOC2)cc1F. The largest absolute Gasteiger partial charge is 0.481 e. The molecule has 0 radical (unpaired) electrons. The van der Waals surface area contributed by atoms with Crippen LogP contribution in [0, 0.1) is 15.9 Å². The van der Waals surface area contributed by atoms with Crippen molar-refractivity contribution in [2.75, 3.05) is 13.2 Å². The smallest absolute Gasteiger partial charge is 0.312 e. The number of nitrogens with two attached hydrogens (primary N) is 1. The van der Waals surface area contributed by atoms with Gasteiger partial charge in [0.1, 0.15) is 16.8 Å². The van der Waals surface area contributed by atoms with Gasteiger partial charge in [-0.25, -0.2) is 17.9 Å². The number of nitro benzene ring substituents is 1. The molecule has 0 amide bonds. The molecule has 0 bridgehead atoms. The number of nitrogens with zero attached hydrogens (tertiary/aromatic N) is 1. The Morgan fingerprint density at radius 2 is 2.19 bits per heavy atom. The molecule has 2 rings (SSSR count). The van der Waals surface area contributed by atoms with Crippen LogP contribution in [-0.4, -0.2) is 32.7 Å². The lowest BCUT2D eigenvalue weighted by atomic mass is 10.2. The third kappa shape index (κ3) is 3.65. The van der Waals surface area contributed by atoms with E-state index in [1.54, 1.807) is 0 Å². The van der Waals surface area contributed by atoms with Crippen LogP contribution in [0.1, 0.15) is 12.8 Å². The monoisotopic (exact) mass is 320 g/mol. The number of nitro groups is 1. The molecule has 1 heterocycles. The van der Waals surface area contributed by atoms with Crippen molar-refractivity contribution < 1.29 is 27.2 Å². The minimum atomic E-state index is -4.40. The Morgan fingerprint density at radius 1 is 1.48 bits per heavy atom. The van der Waals surface area contributed by atoms with E-state index in [4.69, 9.17) is 14.6 Å². The van der Waals surface area contributed by atoms with Crippen molar-refractivity contribution in [3.05, 3.63) is 28.1 Å².